The molecule has 126 valence electrons. The van der Waals surface area contributed by atoms with Gasteiger partial charge in [-0.1, -0.05) is 0 Å². The fourth-order valence-corrected chi connectivity index (χ4v) is 3.44. The van der Waals surface area contributed by atoms with E-state index in [1.165, 1.54) is 4.57 Å². The lowest BCUT2D eigenvalue weighted by Crippen LogP contribution is -2.42. The topological polar surface area (TPSA) is 60.8 Å². The van der Waals surface area contributed by atoms with Gasteiger partial charge in [-0.2, -0.15) is 0 Å². The molecule has 1 aromatic heterocycles. The minimum Gasteiger partial charge on any atom is -0.483 e. The van der Waals surface area contributed by atoms with E-state index >= 15 is 0 Å². The third-order valence-electron chi connectivity index (χ3n) is 4.40. The van der Waals surface area contributed by atoms with Gasteiger partial charge in [-0.15, -0.1) is 0 Å². The number of ether oxygens (including phenoxy) is 2. The molecule has 0 aliphatic carbocycles. The van der Waals surface area contributed by atoms with Crippen molar-refractivity contribution in [1.29, 1.82) is 0 Å². The average molecular weight is 320 g/mol. The molecule has 6 nitrogen and oxygen atoms in total. The maximum absolute atomic E-state index is 12.4. The summed E-state index contributed by atoms with van der Waals surface area (Å²) in [6, 6.07) is 1.67. The zero-order valence-corrected chi connectivity index (χ0v) is 14.4. The van der Waals surface area contributed by atoms with Crippen LogP contribution in [0.1, 0.15) is 39.7 Å². The van der Waals surface area contributed by atoms with Crippen molar-refractivity contribution in [3.63, 3.8) is 0 Å². The highest BCUT2D eigenvalue weighted by Crippen LogP contribution is 2.42. The van der Waals surface area contributed by atoms with E-state index in [0.717, 1.165) is 17.7 Å². The SMILES string of the molecule is C[C@H]1C[C@]2(Cc3cc(=O)n(C)cc3O2)CN1C(=O)OC(C)(C)C. The van der Waals surface area contributed by atoms with Crippen molar-refractivity contribution in [2.45, 2.75) is 57.8 Å². The molecule has 2 aliphatic heterocycles. The van der Waals surface area contributed by atoms with Crippen molar-refractivity contribution in [2.75, 3.05) is 6.54 Å². The van der Waals surface area contributed by atoms with Gasteiger partial charge < -0.3 is 18.9 Å². The molecule has 1 fully saturated rings. The van der Waals surface area contributed by atoms with Crippen LogP contribution in [0, 0.1) is 0 Å². The van der Waals surface area contributed by atoms with Crippen LogP contribution < -0.4 is 10.3 Å². The lowest BCUT2D eigenvalue weighted by molar-refractivity contribution is 0.0190. The molecule has 0 unspecified atom stereocenters. The van der Waals surface area contributed by atoms with E-state index in [2.05, 4.69) is 0 Å². The first-order valence-electron chi connectivity index (χ1n) is 7.97. The number of hydrogen-bond donors (Lipinski definition) is 0. The number of nitrogens with zero attached hydrogens (tertiary/aromatic N) is 2. The monoisotopic (exact) mass is 320 g/mol. The van der Waals surface area contributed by atoms with Crippen LogP contribution >= 0.6 is 0 Å². The minimum absolute atomic E-state index is 0.0413. The minimum atomic E-state index is -0.517. The standard InChI is InChI=1S/C17H24N2O4/c1-11-7-17(10-19(11)15(21)23-16(2,3)4)8-12-6-14(20)18(5)9-13(12)22-17/h6,9,11H,7-8,10H2,1-5H3/t11-,17-/m0/s1. The summed E-state index contributed by atoms with van der Waals surface area (Å²) in [5.41, 5.74) is -0.0812. The van der Waals surface area contributed by atoms with Crippen LogP contribution in [0.15, 0.2) is 17.1 Å². The van der Waals surface area contributed by atoms with Crippen molar-refractivity contribution in [3.05, 3.63) is 28.2 Å². The van der Waals surface area contributed by atoms with E-state index in [0.29, 0.717) is 13.0 Å². The molecule has 1 amide bonds. The number of amides is 1. The van der Waals surface area contributed by atoms with Crippen molar-refractivity contribution >= 4 is 6.09 Å². The van der Waals surface area contributed by atoms with Gasteiger partial charge in [0, 0.05) is 43.8 Å². The van der Waals surface area contributed by atoms with Crippen LogP contribution in [0.3, 0.4) is 0 Å². The molecule has 3 heterocycles. The molecule has 1 aromatic rings. The Hall–Kier alpha value is -1.98. The van der Waals surface area contributed by atoms with Crippen LogP contribution in [0.2, 0.25) is 0 Å². The quantitative estimate of drug-likeness (QED) is 0.734. The Bertz CT molecular complexity index is 704. The van der Waals surface area contributed by atoms with Gasteiger partial charge in [-0.05, 0) is 27.7 Å². The number of rotatable bonds is 0. The molecule has 3 rings (SSSR count). The molecule has 6 heteroatoms. The van der Waals surface area contributed by atoms with E-state index in [1.807, 2.05) is 27.7 Å². The molecule has 0 aromatic carbocycles. The molecule has 2 aliphatic rings. The molecule has 23 heavy (non-hydrogen) atoms. The van der Waals surface area contributed by atoms with E-state index in [-0.39, 0.29) is 17.7 Å². The fraction of sp³-hybridized carbons (Fsp3) is 0.647. The molecule has 0 radical (unpaired) electrons. The van der Waals surface area contributed by atoms with Gasteiger partial charge in [-0.3, -0.25) is 4.79 Å². The highest BCUT2D eigenvalue weighted by atomic mass is 16.6. The first-order valence-corrected chi connectivity index (χ1v) is 7.97. The molecule has 1 spiro atoms. The second kappa shape index (κ2) is 5.01. The van der Waals surface area contributed by atoms with Gasteiger partial charge in [0.15, 0.2) is 0 Å². The first kappa shape index (κ1) is 15.9. The number of hydrogen-bond acceptors (Lipinski definition) is 4. The third kappa shape index (κ3) is 2.94. The normalized spacial score (nSPS) is 26.3. The van der Waals surface area contributed by atoms with Crippen molar-refractivity contribution in [3.8, 4) is 5.75 Å². The zero-order valence-electron chi connectivity index (χ0n) is 14.4. The number of carbonyl (C=O) groups excluding carboxylic acids is 1. The van der Waals surface area contributed by atoms with Crippen molar-refractivity contribution in [1.82, 2.24) is 9.47 Å². The van der Waals surface area contributed by atoms with Crippen LogP contribution in [-0.2, 0) is 18.2 Å². The van der Waals surface area contributed by atoms with Crippen LogP contribution in [0.5, 0.6) is 5.75 Å². The predicted molar refractivity (Wildman–Crippen MR) is 85.8 cm³/mol. The number of fused-ring (bicyclic) bond motifs is 1. The number of pyridine rings is 1. The summed E-state index contributed by atoms with van der Waals surface area (Å²) in [6.45, 7) is 8.07. The second-order valence-electron chi connectivity index (χ2n) is 7.74. The molecule has 1 saturated heterocycles. The Balaban J connectivity index is 1.79. The summed E-state index contributed by atoms with van der Waals surface area (Å²) in [4.78, 5) is 25.9. The lowest BCUT2D eigenvalue weighted by Gasteiger charge is -2.27. The maximum Gasteiger partial charge on any atom is 0.410 e. The molecule has 0 N–H and O–H groups in total. The van der Waals surface area contributed by atoms with Crippen molar-refractivity contribution in [2.24, 2.45) is 7.05 Å². The zero-order chi connectivity index (χ0) is 17.0. The first-order chi connectivity index (χ1) is 10.6. The predicted octanol–water partition coefficient (Wildman–Crippen LogP) is 2.09. The summed E-state index contributed by atoms with van der Waals surface area (Å²) in [6.07, 6.45) is 2.81. The van der Waals surface area contributed by atoms with Gasteiger partial charge in [0.1, 0.15) is 17.0 Å². The smallest absolute Gasteiger partial charge is 0.410 e. The average Bonchev–Trinajstić information content (AvgIpc) is 2.88. The summed E-state index contributed by atoms with van der Waals surface area (Å²) in [7, 11) is 1.71. The maximum atomic E-state index is 12.4. The van der Waals surface area contributed by atoms with Crippen molar-refractivity contribution < 1.29 is 14.3 Å². The van der Waals surface area contributed by atoms with E-state index < -0.39 is 11.2 Å². The number of aryl methyl sites for hydroxylation is 1. The number of carbonyl (C=O) groups is 1. The molecular weight excluding hydrogens is 296 g/mol. The van der Waals surface area contributed by atoms with E-state index in [4.69, 9.17) is 9.47 Å². The lowest BCUT2D eigenvalue weighted by atomic mass is 9.95. The van der Waals surface area contributed by atoms with Gasteiger partial charge >= 0.3 is 6.09 Å². The molecule has 0 saturated carbocycles. The van der Waals surface area contributed by atoms with Crippen LogP contribution in [0.25, 0.3) is 0 Å². The Morgan fingerprint density at radius 2 is 2.13 bits per heavy atom. The van der Waals surface area contributed by atoms with Crippen LogP contribution in [0.4, 0.5) is 4.79 Å². The fourth-order valence-electron chi connectivity index (χ4n) is 3.44. The second-order valence-corrected chi connectivity index (χ2v) is 7.74. The van der Waals surface area contributed by atoms with Gasteiger partial charge in [0.05, 0.1) is 6.54 Å². The van der Waals surface area contributed by atoms with Gasteiger partial charge in [0.2, 0.25) is 0 Å². The Morgan fingerprint density at radius 3 is 2.78 bits per heavy atom. The summed E-state index contributed by atoms with van der Waals surface area (Å²) in [5, 5.41) is 0. The Morgan fingerprint density at radius 1 is 1.43 bits per heavy atom. The van der Waals surface area contributed by atoms with Crippen LogP contribution in [-0.4, -0.2) is 39.3 Å². The van der Waals surface area contributed by atoms with Gasteiger partial charge in [0.25, 0.3) is 5.56 Å². The van der Waals surface area contributed by atoms with Gasteiger partial charge in [-0.25, -0.2) is 4.79 Å². The molecule has 2 atom stereocenters. The van der Waals surface area contributed by atoms with E-state index in [9.17, 15) is 9.59 Å². The Labute approximate surface area is 136 Å². The third-order valence-corrected chi connectivity index (χ3v) is 4.40. The highest BCUT2D eigenvalue weighted by Gasteiger charge is 2.50. The van der Waals surface area contributed by atoms with E-state index in [1.54, 1.807) is 24.2 Å². The highest BCUT2D eigenvalue weighted by molar-refractivity contribution is 5.69. The number of aromatic nitrogens is 1. The summed E-state index contributed by atoms with van der Waals surface area (Å²) in [5.74, 6) is 0.741. The molecular formula is C17H24N2O4. The summed E-state index contributed by atoms with van der Waals surface area (Å²) >= 11 is 0. The Kier molecular flexibility index (Phi) is 3.46. The number of likely N-dealkylation sites (tertiary alicyclic amines) is 1. The summed E-state index contributed by atoms with van der Waals surface area (Å²) < 4.78 is 13.2. The largest absolute Gasteiger partial charge is 0.483 e. The molecule has 0 bridgehead atoms.